The molecule has 0 aliphatic heterocycles. The molecule has 1 aliphatic carbocycles. The summed E-state index contributed by atoms with van der Waals surface area (Å²) < 4.78 is 15.9. The molecule has 1 heterocycles. The van der Waals surface area contributed by atoms with Gasteiger partial charge in [-0.1, -0.05) is 0 Å². The van der Waals surface area contributed by atoms with Crippen molar-refractivity contribution in [2.45, 2.75) is 18.9 Å². The first kappa shape index (κ1) is 8.64. The van der Waals surface area contributed by atoms with Crippen LogP contribution in [0.4, 0.5) is 4.39 Å². The molecule has 0 amide bonds. The summed E-state index contributed by atoms with van der Waals surface area (Å²) in [6.45, 7) is 0. The van der Waals surface area contributed by atoms with Crippen LogP contribution in [0.15, 0.2) is 18.2 Å². The van der Waals surface area contributed by atoms with E-state index in [1.807, 2.05) is 10.7 Å². The van der Waals surface area contributed by atoms with Crippen LogP contribution in [0.2, 0.25) is 0 Å². The maximum atomic E-state index is 13.0. The Morgan fingerprint density at radius 2 is 2.21 bits per heavy atom. The van der Waals surface area contributed by atoms with E-state index >= 15 is 0 Å². The maximum Gasteiger partial charge on any atom is 0.131 e. The molecule has 3 rings (SSSR count). The van der Waals surface area contributed by atoms with Crippen molar-refractivity contribution in [3.05, 3.63) is 27.7 Å². The first-order valence-electron chi connectivity index (χ1n) is 4.59. The quantitative estimate of drug-likeness (QED) is 0.740. The third kappa shape index (κ3) is 1.24. The average molecular weight is 302 g/mol. The molecule has 4 heteroatoms. The monoisotopic (exact) mass is 302 g/mol. The summed E-state index contributed by atoms with van der Waals surface area (Å²) in [7, 11) is 0. The van der Waals surface area contributed by atoms with Gasteiger partial charge in [0, 0.05) is 5.39 Å². The first-order valence-corrected chi connectivity index (χ1v) is 5.67. The van der Waals surface area contributed by atoms with E-state index in [9.17, 15) is 4.39 Å². The van der Waals surface area contributed by atoms with Gasteiger partial charge in [-0.05, 0) is 53.6 Å². The highest BCUT2D eigenvalue weighted by molar-refractivity contribution is 14.1. The number of fused-ring (bicyclic) bond motifs is 1. The molecule has 1 aromatic carbocycles. The zero-order valence-corrected chi connectivity index (χ0v) is 9.53. The molecule has 1 aliphatic rings. The molecule has 72 valence electrons. The smallest absolute Gasteiger partial charge is 0.131 e. The van der Waals surface area contributed by atoms with Gasteiger partial charge in [-0.2, -0.15) is 5.10 Å². The summed E-state index contributed by atoms with van der Waals surface area (Å²) in [6, 6.07) is 5.42. The molecule has 14 heavy (non-hydrogen) atoms. The van der Waals surface area contributed by atoms with Crippen LogP contribution in [0.25, 0.3) is 10.9 Å². The highest BCUT2D eigenvalue weighted by Crippen LogP contribution is 2.37. The lowest BCUT2D eigenvalue weighted by Gasteiger charge is -1.98. The van der Waals surface area contributed by atoms with Crippen molar-refractivity contribution in [1.29, 1.82) is 0 Å². The number of rotatable bonds is 1. The van der Waals surface area contributed by atoms with Gasteiger partial charge < -0.3 is 0 Å². The van der Waals surface area contributed by atoms with Gasteiger partial charge in [0.05, 0.1) is 11.6 Å². The summed E-state index contributed by atoms with van der Waals surface area (Å²) in [6.07, 6.45) is 2.40. The Hall–Kier alpha value is -0.650. The van der Waals surface area contributed by atoms with Gasteiger partial charge in [-0.15, -0.1) is 0 Å². The second-order valence-electron chi connectivity index (χ2n) is 3.63. The molecule has 0 bridgehead atoms. The fraction of sp³-hybridized carbons (Fsp3) is 0.300. The molecule has 1 aromatic heterocycles. The zero-order chi connectivity index (χ0) is 9.71. The molecule has 0 saturated heterocycles. The fourth-order valence-electron chi connectivity index (χ4n) is 1.67. The van der Waals surface area contributed by atoms with E-state index in [1.165, 1.54) is 18.9 Å². The van der Waals surface area contributed by atoms with Crippen molar-refractivity contribution in [1.82, 2.24) is 9.78 Å². The standard InChI is InChI=1S/C10H8FIN2/c11-6-1-4-9-8(5-6)10(12)13-14(9)7-2-3-7/h1,4-5,7H,2-3H2. The van der Waals surface area contributed by atoms with Crippen LogP contribution in [0.3, 0.4) is 0 Å². The molecule has 0 atom stereocenters. The lowest BCUT2D eigenvalue weighted by atomic mass is 10.2. The summed E-state index contributed by atoms with van der Waals surface area (Å²) in [5, 5.41) is 5.36. The van der Waals surface area contributed by atoms with Crippen molar-refractivity contribution in [3.8, 4) is 0 Å². The molecule has 0 spiro atoms. The van der Waals surface area contributed by atoms with Gasteiger partial charge in [0.15, 0.2) is 0 Å². The normalized spacial score (nSPS) is 16.4. The van der Waals surface area contributed by atoms with Crippen molar-refractivity contribution in [2.24, 2.45) is 0 Å². The number of hydrogen-bond acceptors (Lipinski definition) is 1. The SMILES string of the molecule is Fc1ccc2c(c1)c(I)nn2C1CC1. The average Bonchev–Trinajstić information content (AvgIpc) is 2.94. The van der Waals surface area contributed by atoms with Crippen molar-refractivity contribution in [2.75, 3.05) is 0 Å². The third-order valence-electron chi connectivity index (χ3n) is 2.52. The van der Waals surface area contributed by atoms with E-state index in [1.54, 1.807) is 6.07 Å². The molecule has 2 nitrogen and oxygen atoms in total. The van der Waals surface area contributed by atoms with E-state index in [0.29, 0.717) is 6.04 Å². The number of aromatic nitrogens is 2. The minimum absolute atomic E-state index is 0.189. The largest absolute Gasteiger partial charge is 0.261 e. The third-order valence-corrected chi connectivity index (χ3v) is 3.31. The number of hydrogen-bond donors (Lipinski definition) is 0. The van der Waals surface area contributed by atoms with Gasteiger partial charge in [0.25, 0.3) is 0 Å². The van der Waals surface area contributed by atoms with E-state index < -0.39 is 0 Å². The second kappa shape index (κ2) is 2.92. The van der Waals surface area contributed by atoms with Crippen LogP contribution in [0.5, 0.6) is 0 Å². The number of nitrogens with zero attached hydrogens (tertiary/aromatic N) is 2. The highest BCUT2D eigenvalue weighted by Gasteiger charge is 2.26. The summed E-state index contributed by atoms with van der Waals surface area (Å²) in [4.78, 5) is 0. The predicted molar refractivity (Wildman–Crippen MR) is 60.7 cm³/mol. The van der Waals surface area contributed by atoms with E-state index in [4.69, 9.17) is 0 Å². The van der Waals surface area contributed by atoms with Crippen LogP contribution < -0.4 is 0 Å². The minimum atomic E-state index is -0.189. The Morgan fingerprint density at radius 3 is 2.93 bits per heavy atom. The topological polar surface area (TPSA) is 17.8 Å². The van der Waals surface area contributed by atoms with Crippen LogP contribution in [-0.4, -0.2) is 9.78 Å². The minimum Gasteiger partial charge on any atom is -0.261 e. The highest BCUT2D eigenvalue weighted by atomic mass is 127. The van der Waals surface area contributed by atoms with E-state index in [0.717, 1.165) is 14.6 Å². The van der Waals surface area contributed by atoms with Crippen molar-refractivity contribution >= 4 is 33.5 Å². The van der Waals surface area contributed by atoms with Crippen molar-refractivity contribution in [3.63, 3.8) is 0 Å². The van der Waals surface area contributed by atoms with Crippen molar-refractivity contribution < 1.29 is 4.39 Å². The van der Waals surface area contributed by atoms with Gasteiger partial charge in [0.2, 0.25) is 0 Å². The Kier molecular flexibility index (Phi) is 1.80. The second-order valence-corrected chi connectivity index (χ2v) is 4.65. The van der Waals surface area contributed by atoms with E-state index in [2.05, 4.69) is 27.7 Å². The van der Waals surface area contributed by atoms with Gasteiger partial charge >= 0.3 is 0 Å². The Morgan fingerprint density at radius 1 is 1.43 bits per heavy atom. The maximum absolute atomic E-state index is 13.0. The Balaban J connectivity index is 2.32. The van der Waals surface area contributed by atoms with Gasteiger partial charge in [0.1, 0.15) is 9.52 Å². The van der Waals surface area contributed by atoms with Gasteiger partial charge in [-0.3, -0.25) is 4.68 Å². The fourth-order valence-corrected chi connectivity index (χ4v) is 2.34. The molecule has 2 aromatic rings. The number of halogens is 2. The molecule has 1 fully saturated rings. The molecular weight excluding hydrogens is 294 g/mol. The summed E-state index contributed by atoms with van der Waals surface area (Å²) in [5.74, 6) is -0.189. The molecular formula is C10H8FIN2. The Labute approximate surface area is 94.2 Å². The zero-order valence-electron chi connectivity index (χ0n) is 7.37. The molecule has 0 unspecified atom stereocenters. The molecule has 1 saturated carbocycles. The Bertz CT molecular complexity index is 502. The number of benzene rings is 1. The summed E-state index contributed by atoms with van der Waals surface area (Å²) >= 11 is 2.16. The van der Waals surface area contributed by atoms with Crippen LogP contribution >= 0.6 is 22.6 Å². The lowest BCUT2D eigenvalue weighted by Crippen LogP contribution is -1.95. The van der Waals surface area contributed by atoms with Crippen LogP contribution in [-0.2, 0) is 0 Å². The molecule has 0 N–H and O–H groups in total. The predicted octanol–water partition coefficient (Wildman–Crippen LogP) is 3.11. The van der Waals surface area contributed by atoms with Crippen LogP contribution in [0, 0.1) is 9.52 Å². The first-order chi connectivity index (χ1) is 6.75. The van der Waals surface area contributed by atoms with E-state index in [-0.39, 0.29) is 5.82 Å². The van der Waals surface area contributed by atoms with Crippen LogP contribution in [0.1, 0.15) is 18.9 Å². The van der Waals surface area contributed by atoms with Gasteiger partial charge in [-0.25, -0.2) is 4.39 Å². The summed E-state index contributed by atoms with van der Waals surface area (Å²) in [5.41, 5.74) is 1.05. The molecule has 0 radical (unpaired) electrons. The lowest BCUT2D eigenvalue weighted by molar-refractivity contribution is 0.628.